The molecule has 1 amide bonds. The van der Waals surface area contributed by atoms with Gasteiger partial charge in [0.25, 0.3) is 5.91 Å². The highest BCUT2D eigenvalue weighted by Crippen LogP contribution is 2.12. The molecule has 1 aromatic carbocycles. The standard InChI is InChI=1S/C15H21NO3/c1-3-5-10-18-11-9-16-15(17)13-7-6-8-14(12-13)19-4-2/h3,6-8,12H,1,4-5,9-11H2,2H3,(H,16,17). The summed E-state index contributed by atoms with van der Waals surface area (Å²) in [6.07, 6.45) is 2.63. The Labute approximate surface area is 114 Å². The first kappa shape index (κ1) is 15.2. The molecule has 0 aliphatic heterocycles. The third-order valence-electron chi connectivity index (χ3n) is 2.41. The Morgan fingerprint density at radius 3 is 3.00 bits per heavy atom. The Morgan fingerprint density at radius 1 is 1.42 bits per heavy atom. The van der Waals surface area contributed by atoms with E-state index in [1.165, 1.54) is 0 Å². The molecule has 0 saturated heterocycles. The van der Waals surface area contributed by atoms with Crippen LogP contribution < -0.4 is 10.1 Å². The van der Waals surface area contributed by atoms with Gasteiger partial charge in [-0.25, -0.2) is 0 Å². The van der Waals surface area contributed by atoms with Crippen LogP contribution in [-0.4, -0.2) is 32.3 Å². The van der Waals surface area contributed by atoms with Crippen LogP contribution in [0.1, 0.15) is 23.7 Å². The van der Waals surface area contributed by atoms with Crippen LogP contribution in [0.3, 0.4) is 0 Å². The van der Waals surface area contributed by atoms with Gasteiger partial charge in [-0.2, -0.15) is 0 Å². The van der Waals surface area contributed by atoms with Crippen LogP contribution in [0.15, 0.2) is 36.9 Å². The van der Waals surface area contributed by atoms with Crippen LogP contribution in [0.25, 0.3) is 0 Å². The van der Waals surface area contributed by atoms with Crippen molar-refractivity contribution in [2.75, 3.05) is 26.4 Å². The summed E-state index contributed by atoms with van der Waals surface area (Å²) in [6.45, 7) is 7.74. The Kier molecular flexibility index (Phi) is 7.35. The second-order valence-corrected chi connectivity index (χ2v) is 3.91. The van der Waals surface area contributed by atoms with Crippen LogP contribution in [0, 0.1) is 0 Å². The van der Waals surface area contributed by atoms with E-state index in [2.05, 4.69) is 11.9 Å². The summed E-state index contributed by atoms with van der Waals surface area (Å²) in [7, 11) is 0. The summed E-state index contributed by atoms with van der Waals surface area (Å²) in [6, 6.07) is 7.13. The molecule has 0 aromatic heterocycles. The van der Waals surface area contributed by atoms with Crippen LogP contribution >= 0.6 is 0 Å². The lowest BCUT2D eigenvalue weighted by Gasteiger charge is -2.07. The van der Waals surface area contributed by atoms with Crippen molar-refractivity contribution in [3.63, 3.8) is 0 Å². The normalized spacial score (nSPS) is 9.95. The maximum Gasteiger partial charge on any atom is 0.251 e. The maximum atomic E-state index is 11.9. The van der Waals surface area contributed by atoms with Crippen LogP contribution in [0.5, 0.6) is 5.75 Å². The Bertz CT molecular complexity index is 404. The summed E-state index contributed by atoms with van der Waals surface area (Å²) in [4.78, 5) is 11.9. The Morgan fingerprint density at radius 2 is 2.26 bits per heavy atom. The molecule has 0 fully saturated rings. The van der Waals surface area contributed by atoms with Gasteiger partial charge in [0.2, 0.25) is 0 Å². The van der Waals surface area contributed by atoms with Gasteiger partial charge < -0.3 is 14.8 Å². The number of hydrogen-bond donors (Lipinski definition) is 1. The van der Waals surface area contributed by atoms with Crippen molar-refractivity contribution in [1.82, 2.24) is 5.32 Å². The van der Waals surface area contributed by atoms with E-state index in [4.69, 9.17) is 9.47 Å². The molecule has 4 nitrogen and oxygen atoms in total. The highest BCUT2D eigenvalue weighted by molar-refractivity contribution is 5.94. The van der Waals surface area contributed by atoms with Gasteiger partial charge in [-0.05, 0) is 31.5 Å². The molecule has 19 heavy (non-hydrogen) atoms. The average molecular weight is 263 g/mol. The fourth-order valence-corrected chi connectivity index (χ4v) is 1.50. The lowest BCUT2D eigenvalue weighted by molar-refractivity contribution is 0.0917. The molecule has 1 rings (SSSR count). The zero-order valence-corrected chi connectivity index (χ0v) is 11.4. The van der Waals surface area contributed by atoms with Crippen molar-refractivity contribution in [3.05, 3.63) is 42.5 Å². The largest absolute Gasteiger partial charge is 0.494 e. The number of benzene rings is 1. The lowest BCUT2D eigenvalue weighted by atomic mass is 10.2. The Hall–Kier alpha value is -1.81. The lowest BCUT2D eigenvalue weighted by Crippen LogP contribution is -2.27. The van der Waals surface area contributed by atoms with Crippen molar-refractivity contribution in [2.24, 2.45) is 0 Å². The monoisotopic (exact) mass is 263 g/mol. The van der Waals surface area contributed by atoms with E-state index in [9.17, 15) is 4.79 Å². The molecule has 1 N–H and O–H groups in total. The van der Waals surface area contributed by atoms with E-state index < -0.39 is 0 Å². The minimum absolute atomic E-state index is 0.117. The summed E-state index contributed by atoms with van der Waals surface area (Å²) < 4.78 is 10.7. The molecule has 0 heterocycles. The topological polar surface area (TPSA) is 47.6 Å². The van der Waals surface area contributed by atoms with Gasteiger partial charge in [0, 0.05) is 12.1 Å². The van der Waals surface area contributed by atoms with Gasteiger partial charge in [0.1, 0.15) is 5.75 Å². The molecule has 0 aliphatic carbocycles. The van der Waals surface area contributed by atoms with Crippen LogP contribution in [0.4, 0.5) is 0 Å². The predicted molar refractivity (Wildman–Crippen MR) is 75.6 cm³/mol. The average Bonchev–Trinajstić information content (AvgIpc) is 2.43. The van der Waals surface area contributed by atoms with E-state index in [-0.39, 0.29) is 5.91 Å². The van der Waals surface area contributed by atoms with Crippen molar-refractivity contribution in [2.45, 2.75) is 13.3 Å². The van der Waals surface area contributed by atoms with E-state index in [0.717, 1.165) is 6.42 Å². The zero-order chi connectivity index (χ0) is 13.9. The number of hydrogen-bond acceptors (Lipinski definition) is 3. The molecule has 104 valence electrons. The molecular weight excluding hydrogens is 242 g/mol. The summed E-state index contributed by atoms with van der Waals surface area (Å²) in [5.41, 5.74) is 0.594. The summed E-state index contributed by atoms with van der Waals surface area (Å²) in [5, 5.41) is 2.80. The number of ether oxygens (including phenoxy) is 2. The molecular formula is C15H21NO3. The highest BCUT2D eigenvalue weighted by Gasteiger charge is 2.05. The number of carbonyl (C=O) groups is 1. The molecule has 0 spiro atoms. The highest BCUT2D eigenvalue weighted by atomic mass is 16.5. The molecule has 0 unspecified atom stereocenters. The minimum Gasteiger partial charge on any atom is -0.494 e. The van der Waals surface area contributed by atoms with Crippen molar-refractivity contribution in [3.8, 4) is 5.75 Å². The maximum absolute atomic E-state index is 11.9. The smallest absolute Gasteiger partial charge is 0.251 e. The quantitative estimate of drug-likeness (QED) is 0.550. The van der Waals surface area contributed by atoms with Crippen molar-refractivity contribution in [1.29, 1.82) is 0 Å². The Balaban J connectivity index is 2.32. The van der Waals surface area contributed by atoms with E-state index >= 15 is 0 Å². The first-order valence-electron chi connectivity index (χ1n) is 6.47. The second kappa shape index (κ2) is 9.16. The SMILES string of the molecule is C=CCCOCCNC(=O)c1cccc(OCC)c1. The van der Waals surface area contributed by atoms with Gasteiger partial charge in [0.05, 0.1) is 19.8 Å². The van der Waals surface area contributed by atoms with Gasteiger partial charge in [0.15, 0.2) is 0 Å². The van der Waals surface area contributed by atoms with Gasteiger partial charge >= 0.3 is 0 Å². The molecule has 0 bridgehead atoms. The van der Waals surface area contributed by atoms with Gasteiger partial charge in [-0.3, -0.25) is 4.79 Å². The van der Waals surface area contributed by atoms with Crippen LogP contribution in [-0.2, 0) is 4.74 Å². The van der Waals surface area contributed by atoms with Gasteiger partial charge in [-0.1, -0.05) is 12.1 Å². The first-order valence-corrected chi connectivity index (χ1v) is 6.47. The molecule has 1 aromatic rings. The number of nitrogens with one attached hydrogen (secondary N) is 1. The van der Waals surface area contributed by atoms with Crippen LogP contribution in [0.2, 0.25) is 0 Å². The molecule has 0 atom stereocenters. The van der Waals surface area contributed by atoms with E-state index in [1.54, 1.807) is 24.3 Å². The molecule has 0 saturated carbocycles. The fourth-order valence-electron chi connectivity index (χ4n) is 1.50. The van der Waals surface area contributed by atoms with Gasteiger partial charge in [-0.15, -0.1) is 6.58 Å². The second-order valence-electron chi connectivity index (χ2n) is 3.91. The third kappa shape index (κ3) is 6.06. The van der Waals surface area contributed by atoms with E-state index in [0.29, 0.717) is 37.7 Å². The number of rotatable bonds is 9. The van der Waals surface area contributed by atoms with E-state index in [1.807, 2.05) is 13.0 Å². The summed E-state index contributed by atoms with van der Waals surface area (Å²) in [5.74, 6) is 0.589. The summed E-state index contributed by atoms with van der Waals surface area (Å²) >= 11 is 0. The van der Waals surface area contributed by atoms with Crippen molar-refractivity contribution >= 4 is 5.91 Å². The third-order valence-corrected chi connectivity index (χ3v) is 2.41. The molecule has 4 heteroatoms. The molecule has 0 radical (unpaired) electrons. The molecule has 0 aliphatic rings. The minimum atomic E-state index is -0.117. The predicted octanol–water partition coefficient (Wildman–Crippen LogP) is 2.41. The zero-order valence-electron chi connectivity index (χ0n) is 11.4. The fraction of sp³-hybridized carbons (Fsp3) is 0.400. The first-order chi connectivity index (χ1) is 9.27. The van der Waals surface area contributed by atoms with Crippen molar-refractivity contribution < 1.29 is 14.3 Å². The number of amides is 1. The number of carbonyl (C=O) groups excluding carboxylic acids is 1.